The second-order valence-electron chi connectivity index (χ2n) is 5.72. The predicted molar refractivity (Wildman–Crippen MR) is 67.6 cm³/mol. The molecular formula is C11H19NO6S. The first kappa shape index (κ1) is 15.7. The topological polar surface area (TPSA) is 110 Å². The van der Waals surface area contributed by atoms with Crippen molar-refractivity contribution in [2.75, 3.05) is 11.5 Å². The summed E-state index contributed by atoms with van der Waals surface area (Å²) >= 11 is 0. The van der Waals surface area contributed by atoms with E-state index in [1.807, 2.05) is 0 Å². The Morgan fingerprint density at radius 3 is 2.26 bits per heavy atom. The van der Waals surface area contributed by atoms with Crippen molar-refractivity contribution >= 4 is 21.9 Å². The Kier molecular flexibility index (Phi) is 4.44. The van der Waals surface area contributed by atoms with Gasteiger partial charge in [-0.05, 0) is 33.1 Å². The molecule has 1 atom stereocenters. The van der Waals surface area contributed by atoms with Crippen LogP contribution in [0.4, 0.5) is 4.79 Å². The van der Waals surface area contributed by atoms with Crippen LogP contribution in [0, 0.1) is 5.92 Å². The molecule has 1 amide bonds. The van der Waals surface area contributed by atoms with Crippen molar-refractivity contribution in [2.24, 2.45) is 5.92 Å². The van der Waals surface area contributed by atoms with Crippen LogP contribution in [0.25, 0.3) is 0 Å². The van der Waals surface area contributed by atoms with Crippen molar-refractivity contribution in [3.05, 3.63) is 0 Å². The van der Waals surface area contributed by atoms with Crippen LogP contribution in [0.5, 0.6) is 0 Å². The zero-order valence-electron chi connectivity index (χ0n) is 11.2. The van der Waals surface area contributed by atoms with Gasteiger partial charge in [0.1, 0.15) is 11.6 Å². The Balaban J connectivity index is 2.50. The zero-order chi connectivity index (χ0) is 14.8. The fourth-order valence-electron chi connectivity index (χ4n) is 1.81. The van der Waals surface area contributed by atoms with E-state index in [1.54, 1.807) is 20.8 Å². The summed E-state index contributed by atoms with van der Waals surface area (Å²) in [6.07, 6.45) is -0.726. The smallest absolute Gasteiger partial charge is 0.408 e. The molecule has 0 bridgehead atoms. The van der Waals surface area contributed by atoms with Crippen molar-refractivity contribution in [1.29, 1.82) is 0 Å². The van der Waals surface area contributed by atoms with Crippen molar-refractivity contribution in [2.45, 2.75) is 38.8 Å². The van der Waals surface area contributed by atoms with E-state index in [0.717, 1.165) is 0 Å². The van der Waals surface area contributed by atoms with E-state index in [2.05, 4.69) is 5.32 Å². The maximum Gasteiger partial charge on any atom is 0.408 e. The number of carbonyl (C=O) groups excluding carboxylic acids is 1. The normalized spacial score (nSPS) is 20.2. The molecule has 8 heteroatoms. The molecule has 2 N–H and O–H groups in total. The fraction of sp³-hybridized carbons (Fsp3) is 0.818. The number of sulfone groups is 1. The van der Waals surface area contributed by atoms with Crippen molar-refractivity contribution in [1.82, 2.24) is 5.32 Å². The van der Waals surface area contributed by atoms with Gasteiger partial charge in [-0.3, -0.25) is 0 Å². The Hall–Kier alpha value is -1.31. The third kappa shape index (κ3) is 5.46. The first-order chi connectivity index (χ1) is 8.48. The molecule has 0 radical (unpaired) electrons. The number of hydrogen-bond donors (Lipinski definition) is 2. The van der Waals surface area contributed by atoms with Gasteiger partial charge in [0.15, 0.2) is 9.84 Å². The molecule has 1 unspecified atom stereocenters. The number of alkyl carbamates (subject to hydrolysis) is 1. The third-order valence-electron chi connectivity index (χ3n) is 2.54. The molecule has 0 aliphatic carbocycles. The van der Waals surface area contributed by atoms with Crippen LogP contribution in [0.15, 0.2) is 0 Å². The second kappa shape index (κ2) is 5.36. The van der Waals surface area contributed by atoms with Crippen LogP contribution >= 0.6 is 0 Å². The van der Waals surface area contributed by atoms with E-state index >= 15 is 0 Å². The number of carbonyl (C=O) groups is 2. The van der Waals surface area contributed by atoms with Crippen LogP contribution < -0.4 is 5.32 Å². The second-order valence-corrected chi connectivity index (χ2v) is 7.87. The van der Waals surface area contributed by atoms with E-state index in [1.165, 1.54) is 0 Å². The number of aliphatic carboxylic acids is 1. The summed E-state index contributed by atoms with van der Waals surface area (Å²) in [5.74, 6) is -1.46. The largest absolute Gasteiger partial charge is 0.480 e. The molecule has 0 spiro atoms. The van der Waals surface area contributed by atoms with E-state index in [0.29, 0.717) is 0 Å². The lowest BCUT2D eigenvalue weighted by atomic mass is 10.0. The summed E-state index contributed by atoms with van der Waals surface area (Å²) in [5.41, 5.74) is -0.715. The molecule has 7 nitrogen and oxygen atoms in total. The van der Waals surface area contributed by atoms with Gasteiger partial charge in [-0.25, -0.2) is 18.0 Å². The molecule has 1 saturated heterocycles. The van der Waals surface area contributed by atoms with Gasteiger partial charge in [-0.1, -0.05) is 0 Å². The van der Waals surface area contributed by atoms with Gasteiger partial charge in [-0.15, -0.1) is 0 Å². The minimum atomic E-state index is -3.00. The van der Waals surface area contributed by atoms with Gasteiger partial charge in [-0.2, -0.15) is 0 Å². The predicted octanol–water partition coefficient (Wildman–Crippen LogP) is 0.399. The van der Waals surface area contributed by atoms with Crippen molar-refractivity contribution in [3.8, 4) is 0 Å². The highest BCUT2D eigenvalue weighted by molar-refractivity contribution is 7.92. The van der Waals surface area contributed by atoms with Crippen LogP contribution in [0.3, 0.4) is 0 Å². The lowest BCUT2D eigenvalue weighted by molar-refractivity contribution is -0.139. The summed E-state index contributed by atoms with van der Waals surface area (Å²) in [5, 5.41) is 11.2. The number of amides is 1. The molecule has 1 aliphatic heterocycles. The zero-order valence-corrected chi connectivity index (χ0v) is 12.0. The van der Waals surface area contributed by atoms with E-state index in [9.17, 15) is 18.0 Å². The molecule has 0 aromatic heterocycles. The number of hydrogen-bond acceptors (Lipinski definition) is 5. The average Bonchev–Trinajstić information content (AvgIpc) is 2.10. The highest BCUT2D eigenvalue weighted by Crippen LogP contribution is 2.23. The van der Waals surface area contributed by atoms with Crippen LogP contribution in [-0.4, -0.2) is 48.7 Å². The highest BCUT2D eigenvalue weighted by atomic mass is 32.2. The Morgan fingerprint density at radius 2 is 1.89 bits per heavy atom. The number of rotatable bonds is 4. The van der Waals surface area contributed by atoms with Crippen molar-refractivity contribution in [3.63, 3.8) is 0 Å². The molecule has 0 saturated carbocycles. The average molecular weight is 293 g/mol. The summed E-state index contributed by atoms with van der Waals surface area (Å²) in [6, 6.07) is -1.13. The maximum atomic E-state index is 11.5. The lowest BCUT2D eigenvalue weighted by Gasteiger charge is -2.29. The van der Waals surface area contributed by atoms with Crippen LogP contribution in [0.2, 0.25) is 0 Å². The molecule has 0 aromatic carbocycles. The number of carboxylic acids is 1. The summed E-state index contributed by atoms with van der Waals surface area (Å²) in [7, 11) is -3.00. The molecule has 110 valence electrons. The SMILES string of the molecule is CC(C)(C)OC(=O)NC(CC1CS(=O)(=O)C1)C(=O)O. The molecule has 1 aliphatic rings. The van der Waals surface area contributed by atoms with Gasteiger partial charge < -0.3 is 15.2 Å². The van der Waals surface area contributed by atoms with Crippen molar-refractivity contribution < 1.29 is 27.9 Å². The minimum Gasteiger partial charge on any atom is -0.480 e. The first-order valence-corrected chi connectivity index (χ1v) is 7.73. The maximum absolute atomic E-state index is 11.5. The lowest BCUT2D eigenvalue weighted by Crippen LogP contribution is -2.48. The minimum absolute atomic E-state index is 0.0211. The van der Waals surface area contributed by atoms with Gasteiger partial charge >= 0.3 is 12.1 Å². The monoisotopic (exact) mass is 293 g/mol. The molecular weight excluding hydrogens is 274 g/mol. The highest BCUT2D eigenvalue weighted by Gasteiger charge is 2.37. The van der Waals surface area contributed by atoms with Crippen LogP contribution in [0.1, 0.15) is 27.2 Å². The van der Waals surface area contributed by atoms with Gasteiger partial charge in [0.25, 0.3) is 0 Å². The standard InChI is InChI=1S/C11H19NO6S/c1-11(2,3)18-10(15)12-8(9(13)14)4-7-5-19(16,17)6-7/h7-8H,4-6H2,1-3H3,(H,12,15)(H,13,14). The number of ether oxygens (including phenoxy) is 1. The molecule has 1 rings (SSSR count). The summed E-state index contributed by atoms with van der Waals surface area (Å²) < 4.78 is 27.0. The Labute approximate surface area is 112 Å². The Bertz CT molecular complexity index is 452. The first-order valence-electron chi connectivity index (χ1n) is 5.91. The molecule has 0 aromatic rings. The summed E-state index contributed by atoms with van der Waals surface area (Å²) in [4.78, 5) is 22.5. The molecule has 1 heterocycles. The summed E-state index contributed by atoms with van der Waals surface area (Å²) in [6.45, 7) is 5.00. The Morgan fingerprint density at radius 1 is 1.37 bits per heavy atom. The quantitative estimate of drug-likeness (QED) is 0.776. The molecule has 19 heavy (non-hydrogen) atoms. The molecule has 1 fully saturated rings. The van der Waals surface area contributed by atoms with Gasteiger partial charge in [0.2, 0.25) is 0 Å². The number of carboxylic acid groups (broad SMARTS) is 1. The van der Waals surface area contributed by atoms with E-state index in [-0.39, 0.29) is 23.8 Å². The van der Waals surface area contributed by atoms with Gasteiger partial charge in [0.05, 0.1) is 11.5 Å². The third-order valence-corrected chi connectivity index (χ3v) is 4.50. The van der Waals surface area contributed by atoms with Gasteiger partial charge in [0, 0.05) is 0 Å². The van der Waals surface area contributed by atoms with E-state index < -0.39 is 33.5 Å². The van der Waals surface area contributed by atoms with Crippen LogP contribution in [-0.2, 0) is 19.4 Å². The number of nitrogens with one attached hydrogen (secondary N) is 1. The fourth-order valence-corrected chi connectivity index (χ4v) is 3.42. The van der Waals surface area contributed by atoms with E-state index in [4.69, 9.17) is 9.84 Å².